The molecule has 0 atom stereocenters. The Morgan fingerprint density at radius 1 is 1.35 bits per heavy atom. The lowest BCUT2D eigenvalue weighted by Crippen LogP contribution is -2.00. The van der Waals surface area contributed by atoms with Crippen LogP contribution in [0.4, 0.5) is 5.69 Å². The molecule has 17 heavy (non-hydrogen) atoms. The van der Waals surface area contributed by atoms with Crippen molar-refractivity contribution in [3.05, 3.63) is 51.6 Å². The van der Waals surface area contributed by atoms with Gasteiger partial charge in [-0.1, -0.05) is 19.4 Å². The number of carbonyl (C=O) groups excluding carboxylic acids is 1. The average molecular weight is 233 g/mol. The van der Waals surface area contributed by atoms with Gasteiger partial charge < -0.3 is 0 Å². The van der Waals surface area contributed by atoms with E-state index in [9.17, 15) is 14.9 Å². The first kappa shape index (κ1) is 13.1. The lowest BCUT2D eigenvalue weighted by molar-refractivity contribution is -0.384. The zero-order chi connectivity index (χ0) is 12.8. The van der Waals surface area contributed by atoms with Crippen molar-refractivity contribution in [3.63, 3.8) is 0 Å². The monoisotopic (exact) mass is 233 g/mol. The van der Waals surface area contributed by atoms with Crippen molar-refractivity contribution in [3.8, 4) is 0 Å². The van der Waals surface area contributed by atoms with Crippen LogP contribution in [-0.4, -0.2) is 10.7 Å². The first-order valence-corrected chi connectivity index (χ1v) is 5.52. The van der Waals surface area contributed by atoms with Gasteiger partial charge in [-0.2, -0.15) is 0 Å². The van der Waals surface area contributed by atoms with Crippen molar-refractivity contribution in [2.75, 3.05) is 0 Å². The summed E-state index contributed by atoms with van der Waals surface area (Å²) in [6, 6.07) is 5.67. The highest BCUT2D eigenvalue weighted by atomic mass is 16.6. The largest absolute Gasteiger partial charge is 0.289 e. The molecule has 0 aliphatic rings. The van der Waals surface area contributed by atoms with Crippen molar-refractivity contribution in [2.45, 2.75) is 26.7 Å². The molecule has 0 saturated heterocycles. The molecule has 0 aliphatic heterocycles. The number of hydrogen-bond acceptors (Lipinski definition) is 3. The second-order valence-corrected chi connectivity index (χ2v) is 3.81. The third-order valence-corrected chi connectivity index (χ3v) is 2.44. The van der Waals surface area contributed by atoms with Crippen molar-refractivity contribution in [1.29, 1.82) is 0 Å². The Morgan fingerprint density at radius 3 is 2.41 bits per heavy atom. The smallest absolute Gasteiger partial charge is 0.269 e. The van der Waals surface area contributed by atoms with Gasteiger partial charge in [0.15, 0.2) is 5.78 Å². The lowest BCUT2D eigenvalue weighted by atomic mass is 10.0. The molecular formula is C13H15NO3. The van der Waals surface area contributed by atoms with Gasteiger partial charge in [-0.3, -0.25) is 14.9 Å². The molecule has 0 unspecified atom stereocenters. The number of rotatable bonds is 5. The van der Waals surface area contributed by atoms with Crippen LogP contribution in [0.5, 0.6) is 0 Å². The van der Waals surface area contributed by atoms with Crippen LogP contribution >= 0.6 is 0 Å². The lowest BCUT2D eigenvalue weighted by Gasteiger charge is -2.01. The van der Waals surface area contributed by atoms with Gasteiger partial charge in [0.05, 0.1) is 4.92 Å². The molecule has 0 aliphatic carbocycles. The molecule has 4 nitrogen and oxygen atoms in total. The number of nitrogens with zero attached hydrogens (tertiary/aromatic N) is 1. The zero-order valence-corrected chi connectivity index (χ0v) is 9.97. The molecule has 0 N–H and O–H groups in total. The molecule has 90 valence electrons. The van der Waals surface area contributed by atoms with Gasteiger partial charge in [0.1, 0.15) is 0 Å². The van der Waals surface area contributed by atoms with Crippen LogP contribution in [0.3, 0.4) is 0 Å². The molecule has 0 bridgehead atoms. The van der Waals surface area contributed by atoms with Crippen LogP contribution in [-0.2, 0) is 0 Å². The molecule has 0 amide bonds. The van der Waals surface area contributed by atoms with E-state index < -0.39 is 4.92 Å². The summed E-state index contributed by atoms with van der Waals surface area (Å²) >= 11 is 0. The van der Waals surface area contributed by atoms with E-state index in [1.807, 2.05) is 13.0 Å². The van der Waals surface area contributed by atoms with Gasteiger partial charge >= 0.3 is 0 Å². The van der Waals surface area contributed by atoms with Crippen LogP contribution in [0.1, 0.15) is 37.0 Å². The maximum absolute atomic E-state index is 11.9. The summed E-state index contributed by atoms with van der Waals surface area (Å²) < 4.78 is 0. The fourth-order valence-electron chi connectivity index (χ4n) is 1.42. The summed E-state index contributed by atoms with van der Waals surface area (Å²) in [6.45, 7) is 3.81. The van der Waals surface area contributed by atoms with Gasteiger partial charge in [0, 0.05) is 17.7 Å². The summed E-state index contributed by atoms with van der Waals surface area (Å²) in [5.41, 5.74) is 1.16. The summed E-state index contributed by atoms with van der Waals surface area (Å²) in [6.07, 6.45) is 3.75. The minimum atomic E-state index is -0.478. The normalized spacial score (nSPS) is 11.3. The number of ketones is 1. The number of hydrogen-bond donors (Lipinski definition) is 0. The highest BCUT2D eigenvalue weighted by Gasteiger charge is 2.10. The van der Waals surface area contributed by atoms with E-state index in [1.54, 1.807) is 6.92 Å². The molecule has 0 heterocycles. The summed E-state index contributed by atoms with van der Waals surface area (Å²) in [5, 5.41) is 10.5. The fourth-order valence-corrected chi connectivity index (χ4v) is 1.42. The predicted octanol–water partition coefficient (Wildman–Crippen LogP) is 3.52. The number of nitro benzene ring substituents is 1. The van der Waals surface area contributed by atoms with Crippen molar-refractivity contribution in [1.82, 2.24) is 0 Å². The van der Waals surface area contributed by atoms with Gasteiger partial charge in [-0.15, -0.1) is 0 Å². The Morgan fingerprint density at radius 2 is 1.94 bits per heavy atom. The molecule has 1 aromatic rings. The molecule has 0 aromatic heterocycles. The molecule has 1 aromatic carbocycles. The van der Waals surface area contributed by atoms with Crippen LogP contribution in [0.15, 0.2) is 35.9 Å². The third kappa shape index (κ3) is 3.52. The Hall–Kier alpha value is -1.97. The Bertz CT molecular complexity index is 446. The minimum absolute atomic E-state index is 0.00302. The van der Waals surface area contributed by atoms with E-state index in [2.05, 4.69) is 0 Å². The van der Waals surface area contributed by atoms with Gasteiger partial charge in [0.25, 0.3) is 5.69 Å². The molecule has 4 heteroatoms. The quantitative estimate of drug-likeness (QED) is 0.338. The van der Waals surface area contributed by atoms with Crippen LogP contribution in [0.2, 0.25) is 0 Å². The molecular weight excluding hydrogens is 218 g/mol. The van der Waals surface area contributed by atoms with Gasteiger partial charge in [-0.25, -0.2) is 0 Å². The summed E-state index contributed by atoms with van der Waals surface area (Å²) in [7, 11) is 0. The number of unbranched alkanes of at least 4 members (excludes halogenated alkanes) is 1. The number of Topliss-reactive ketones (excluding diaryl/α,β-unsaturated/α-hetero) is 1. The number of nitro groups is 1. The highest BCUT2D eigenvalue weighted by Crippen LogP contribution is 2.15. The number of carbonyl (C=O) groups is 1. The van der Waals surface area contributed by atoms with Crippen LogP contribution < -0.4 is 0 Å². The van der Waals surface area contributed by atoms with Crippen LogP contribution in [0.25, 0.3) is 0 Å². The summed E-state index contributed by atoms with van der Waals surface area (Å²) in [5.74, 6) is -0.0756. The molecule has 0 fully saturated rings. The fraction of sp³-hybridized carbons (Fsp3) is 0.308. The standard InChI is InChI=1S/C13H15NO3/c1-3-4-5-10(2)13(15)11-6-8-12(9-7-11)14(16)17/h5-9H,3-4H2,1-2H3/b10-5+. The predicted molar refractivity (Wildman–Crippen MR) is 66.1 cm³/mol. The molecule has 0 radical (unpaired) electrons. The van der Waals surface area contributed by atoms with Crippen molar-refractivity contribution >= 4 is 11.5 Å². The van der Waals surface area contributed by atoms with E-state index in [1.165, 1.54) is 24.3 Å². The number of allylic oxidation sites excluding steroid dienone is 2. The first-order chi connectivity index (χ1) is 8.06. The highest BCUT2D eigenvalue weighted by molar-refractivity contribution is 6.08. The zero-order valence-electron chi connectivity index (χ0n) is 9.97. The van der Waals surface area contributed by atoms with Crippen molar-refractivity contribution < 1.29 is 9.72 Å². The van der Waals surface area contributed by atoms with E-state index in [-0.39, 0.29) is 11.5 Å². The second kappa shape index (κ2) is 5.94. The summed E-state index contributed by atoms with van der Waals surface area (Å²) in [4.78, 5) is 21.9. The molecule has 1 rings (SSSR count). The van der Waals surface area contributed by atoms with E-state index in [4.69, 9.17) is 0 Å². The molecule has 0 spiro atoms. The van der Waals surface area contributed by atoms with E-state index in [0.717, 1.165) is 12.8 Å². The van der Waals surface area contributed by atoms with Crippen LogP contribution in [0, 0.1) is 10.1 Å². The first-order valence-electron chi connectivity index (χ1n) is 5.52. The topological polar surface area (TPSA) is 60.2 Å². The maximum Gasteiger partial charge on any atom is 0.269 e. The second-order valence-electron chi connectivity index (χ2n) is 3.81. The Kier molecular flexibility index (Phi) is 4.57. The number of non-ortho nitro benzene ring substituents is 1. The van der Waals surface area contributed by atoms with Crippen molar-refractivity contribution in [2.24, 2.45) is 0 Å². The Labute approximate surface area is 100 Å². The SMILES string of the molecule is CCC/C=C(\C)C(=O)c1ccc([N+](=O)[O-])cc1. The average Bonchev–Trinajstić information content (AvgIpc) is 2.35. The van der Waals surface area contributed by atoms with Gasteiger partial charge in [-0.05, 0) is 31.1 Å². The number of benzene rings is 1. The molecule has 0 saturated carbocycles. The maximum atomic E-state index is 11.9. The minimum Gasteiger partial charge on any atom is -0.289 e. The van der Waals surface area contributed by atoms with Gasteiger partial charge in [0.2, 0.25) is 0 Å². The van der Waals surface area contributed by atoms with E-state index >= 15 is 0 Å². The Balaban J connectivity index is 2.86. The van der Waals surface area contributed by atoms with E-state index in [0.29, 0.717) is 11.1 Å². The third-order valence-electron chi connectivity index (χ3n) is 2.44.